The molecule has 3 rings (SSSR count). The summed E-state index contributed by atoms with van der Waals surface area (Å²) in [7, 11) is 0. The first kappa shape index (κ1) is 20.1. The Balaban J connectivity index is 1.62. The lowest BCUT2D eigenvalue weighted by Crippen LogP contribution is -2.44. The Morgan fingerprint density at radius 2 is 1.61 bits per heavy atom. The third-order valence-corrected chi connectivity index (χ3v) is 5.31. The monoisotopic (exact) mass is 380 g/mol. The van der Waals surface area contributed by atoms with E-state index in [0.717, 1.165) is 17.7 Å². The Labute approximate surface area is 166 Å². The zero-order valence-electron chi connectivity index (χ0n) is 16.3. The van der Waals surface area contributed by atoms with E-state index in [4.69, 9.17) is 0 Å². The van der Waals surface area contributed by atoms with E-state index >= 15 is 0 Å². The molecule has 0 bridgehead atoms. The van der Waals surface area contributed by atoms with Crippen molar-refractivity contribution in [1.29, 1.82) is 0 Å². The molecule has 1 aliphatic rings. The van der Waals surface area contributed by atoms with Crippen molar-refractivity contribution in [3.63, 3.8) is 0 Å². The molecule has 1 aliphatic heterocycles. The van der Waals surface area contributed by atoms with Gasteiger partial charge in [0.25, 0.3) is 0 Å². The summed E-state index contributed by atoms with van der Waals surface area (Å²) >= 11 is 0. The number of nitrogens with zero attached hydrogens (tertiary/aromatic N) is 1. The molecule has 2 unspecified atom stereocenters. The van der Waals surface area contributed by atoms with Crippen molar-refractivity contribution in [2.45, 2.75) is 25.8 Å². The van der Waals surface area contributed by atoms with Crippen LogP contribution < -0.4 is 5.32 Å². The molecule has 0 saturated carbocycles. The summed E-state index contributed by atoms with van der Waals surface area (Å²) in [5.74, 6) is -0.774. The molecular formula is C23H28N2O3. The number of amides is 1. The van der Waals surface area contributed by atoms with E-state index in [9.17, 15) is 14.7 Å². The number of carbonyl (C=O) groups is 2. The molecule has 5 heteroatoms. The van der Waals surface area contributed by atoms with Crippen LogP contribution in [-0.2, 0) is 9.59 Å². The van der Waals surface area contributed by atoms with Gasteiger partial charge in [0, 0.05) is 26.1 Å². The highest BCUT2D eigenvalue weighted by molar-refractivity contribution is 5.77. The van der Waals surface area contributed by atoms with Crippen LogP contribution in [0.15, 0.2) is 60.7 Å². The smallest absolute Gasteiger partial charge is 0.307 e. The minimum atomic E-state index is -0.741. The lowest BCUT2D eigenvalue weighted by atomic mass is 9.90. The largest absolute Gasteiger partial charge is 0.481 e. The molecule has 2 N–H and O–H groups in total. The molecule has 28 heavy (non-hydrogen) atoms. The van der Waals surface area contributed by atoms with Gasteiger partial charge in [-0.15, -0.1) is 0 Å². The summed E-state index contributed by atoms with van der Waals surface area (Å²) in [4.78, 5) is 26.1. The number of hydrogen-bond donors (Lipinski definition) is 2. The first-order valence-corrected chi connectivity index (χ1v) is 9.87. The average molecular weight is 380 g/mol. The SMILES string of the molecule is CC1CC(C(=O)O)CN(CCC(=O)NC(c2ccccc2)c2ccccc2)C1. The quantitative estimate of drug-likeness (QED) is 0.773. The van der Waals surface area contributed by atoms with Crippen molar-refractivity contribution in [1.82, 2.24) is 10.2 Å². The van der Waals surface area contributed by atoms with Crippen LogP contribution in [0, 0.1) is 11.8 Å². The Kier molecular flexibility index (Phi) is 6.82. The molecule has 5 nitrogen and oxygen atoms in total. The molecule has 2 aromatic carbocycles. The number of benzene rings is 2. The van der Waals surface area contributed by atoms with E-state index in [0.29, 0.717) is 31.8 Å². The van der Waals surface area contributed by atoms with Crippen molar-refractivity contribution >= 4 is 11.9 Å². The molecule has 0 aliphatic carbocycles. The van der Waals surface area contributed by atoms with Crippen molar-refractivity contribution in [2.24, 2.45) is 11.8 Å². The normalized spacial score (nSPS) is 20.1. The summed E-state index contributed by atoms with van der Waals surface area (Å²) in [6.07, 6.45) is 1.07. The van der Waals surface area contributed by atoms with Crippen molar-refractivity contribution in [2.75, 3.05) is 19.6 Å². The van der Waals surface area contributed by atoms with Gasteiger partial charge in [-0.2, -0.15) is 0 Å². The highest BCUT2D eigenvalue weighted by Crippen LogP contribution is 2.23. The Morgan fingerprint density at radius 1 is 1.04 bits per heavy atom. The molecule has 1 amide bonds. The van der Waals surface area contributed by atoms with Crippen LogP contribution in [0.4, 0.5) is 0 Å². The van der Waals surface area contributed by atoms with Crippen LogP contribution in [0.3, 0.4) is 0 Å². The van der Waals surface area contributed by atoms with E-state index < -0.39 is 5.97 Å². The number of carbonyl (C=O) groups excluding carboxylic acids is 1. The van der Waals surface area contributed by atoms with Gasteiger partial charge in [0.2, 0.25) is 5.91 Å². The molecular weight excluding hydrogens is 352 g/mol. The molecule has 2 aromatic rings. The van der Waals surface area contributed by atoms with Gasteiger partial charge in [-0.3, -0.25) is 9.59 Å². The van der Waals surface area contributed by atoms with Crippen molar-refractivity contribution in [3.05, 3.63) is 71.8 Å². The summed E-state index contributed by atoms with van der Waals surface area (Å²) in [6.45, 7) is 4.02. The first-order valence-electron chi connectivity index (χ1n) is 9.87. The average Bonchev–Trinajstić information content (AvgIpc) is 2.71. The van der Waals surface area contributed by atoms with Crippen LogP contribution in [0.2, 0.25) is 0 Å². The van der Waals surface area contributed by atoms with Gasteiger partial charge in [0.1, 0.15) is 0 Å². The fourth-order valence-electron chi connectivity index (χ4n) is 3.97. The maximum absolute atomic E-state index is 12.7. The number of aliphatic carboxylic acids is 1. The highest BCUT2D eigenvalue weighted by atomic mass is 16.4. The minimum absolute atomic E-state index is 0.0252. The maximum atomic E-state index is 12.7. The van der Waals surface area contributed by atoms with Gasteiger partial charge in [0.05, 0.1) is 12.0 Å². The lowest BCUT2D eigenvalue weighted by Gasteiger charge is -2.34. The summed E-state index contributed by atoms with van der Waals surface area (Å²) in [5, 5.41) is 12.5. The van der Waals surface area contributed by atoms with Crippen LogP contribution in [0.1, 0.15) is 36.9 Å². The van der Waals surface area contributed by atoms with E-state index in [1.165, 1.54) is 0 Å². The third-order valence-electron chi connectivity index (χ3n) is 5.31. The fraction of sp³-hybridized carbons (Fsp3) is 0.391. The second-order valence-corrected chi connectivity index (χ2v) is 7.71. The lowest BCUT2D eigenvalue weighted by molar-refractivity contribution is -0.144. The van der Waals surface area contributed by atoms with Crippen molar-refractivity contribution < 1.29 is 14.7 Å². The molecule has 0 radical (unpaired) electrons. The van der Waals surface area contributed by atoms with Crippen LogP contribution in [0.25, 0.3) is 0 Å². The molecule has 1 heterocycles. The molecule has 0 aromatic heterocycles. The second-order valence-electron chi connectivity index (χ2n) is 7.71. The summed E-state index contributed by atoms with van der Waals surface area (Å²) in [6, 6.07) is 19.7. The fourth-order valence-corrected chi connectivity index (χ4v) is 3.97. The first-order chi connectivity index (χ1) is 13.5. The molecule has 2 atom stereocenters. The van der Waals surface area contributed by atoms with Gasteiger partial charge < -0.3 is 15.3 Å². The number of nitrogens with one attached hydrogen (secondary N) is 1. The maximum Gasteiger partial charge on any atom is 0.307 e. The van der Waals surface area contributed by atoms with Gasteiger partial charge >= 0.3 is 5.97 Å². The van der Waals surface area contributed by atoms with Crippen LogP contribution in [-0.4, -0.2) is 41.5 Å². The van der Waals surface area contributed by atoms with E-state index in [1.807, 2.05) is 60.7 Å². The molecule has 148 valence electrons. The van der Waals surface area contributed by atoms with Crippen LogP contribution in [0.5, 0.6) is 0 Å². The number of carboxylic acids is 1. The zero-order chi connectivity index (χ0) is 19.9. The molecule has 1 fully saturated rings. The van der Waals surface area contributed by atoms with E-state index in [-0.39, 0.29) is 17.9 Å². The van der Waals surface area contributed by atoms with Gasteiger partial charge in [-0.1, -0.05) is 67.6 Å². The highest BCUT2D eigenvalue weighted by Gasteiger charge is 2.29. The Morgan fingerprint density at radius 3 is 2.14 bits per heavy atom. The Bertz CT molecular complexity index is 739. The van der Waals surface area contributed by atoms with E-state index in [2.05, 4.69) is 17.1 Å². The number of likely N-dealkylation sites (tertiary alicyclic amines) is 1. The summed E-state index contributed by atoms with van der Waals surface area (Å²) < 4.78 is 0. The number of carboxylic acid groups (broad SMARTS) is 1. The summed E-state index contributed by atoms with van der Waals surface area (Å²) in [5.41, 5.74) is 2.08. The number of piperidine rings is 1. The second kappa shape index (κ2) is 9.51. The standard InChI is InChI=1S/C23H28N2O3/c1-17-14-20(23(27)28)16-25(15-17)13-12-21(26)24-22(18-8-4-2-5-9-18)19-10-6-3-7-11-19/h2-11,17,20,22H,12-16H2,1H3,(H,24,26)(H,27,28). The number of rotatable bonds is 7. The van der Waals surface area contributed by atoms with Gasteiger partial charge in [0.15, 0.2) is 0 Å². The van der Waals surface area contributed by atoms with Crippen LogP contribution >= 0.6 is 0 Å². The minimum Gasteiger partial charge on any atom is -0.481 e. The topological polar surface area (TPSA) is 69.6 Å². The predicted molar refractivity (Wildman–Crippen MR) is 109 cm³/mol. The van der Waals surface area contributed by atoms with Crippen molar-refractivity contribution in [3.8, 4) is 0 Å². The molecule has 0 spiro atoms. The third kappa shape index (κ3) is 5.42. The Hall–Kier alpha value is -2.66. The predicted octanol–water partition coefficient (Wildman–Crippen LogP) is 3.32. The van der Waals surface area contributed by atoms with Gasteiger partial charge in [-0.25, -0.2) is 0 Å². The zero-order valence-corrected chi connectivity index (χ0v) is 16.3. The van der Waals surface area contributed by atoms with Gasteiger partial charge in [-0.05, 0) is 23.5 Å². The number of hydrogen-bond acceptors (Lipinski definition) is 3. The molecule has 1 saturated heterocycles. The van der Waals surface area contributed by atoms with E-state index in [1.54, 1.807) is 0 Å².